The zero-order chi connectivity index (χ0) is 16.9. The minimum Gasteiger partial charge on any atom is -0.334 e. The quantitative estimate of drug-likeness (QED) is 0.876. The lowest BCUT2D eigenvalue weighted by molar-refractivity contribution is 0.231. The highest BCUT2D eigenvalue weighted by Gasteiger charge is 2.27. The molecule has 5 nitrogen and oxygen atoms in total. The van der Waals surface area contributed by atoms with Crippen LogP contribution in [0.1, 0.15) is 35.5 Å². The number of hydrogen-bond donors (Lipinski definition) is 2. The van der Waals surface area contributed by atoms with Crippen LogP contribution in [-0.4, -0.2) is 35.0 Å². The van der Waals surface area contributed by atoms with E-state index in [0.717, 1.165) is 30.1 Å². The van der Waals surface area contributed by atoms with E-state index in [1.165, 1.54) is 5.56 Å². The van der Waals surface area contributed by atoms with Gasteiger partial charge in [0.05, 0.1) is 17.7 Å². The van der Waals surface area contributed by atoms with Crippen molar-refractivity contribution in [2.75, 3.05) is 13.1 Å². The molecule has 3 rings (SSSR count). The molecule has 2 amide bonds. The van der Waals surface area contributed by atoms with Crippen LogP contribution in [0.25, 0.3) is 0 Å². The standard InChI is InChI=1S/C18H24N4OS/c1-13-17(24-12-20-13)10-19-18(23)21-16-8-9-22(11-16)14(2)15-6-4-3-5-7-15/h3-7,12,14,16H,8-11H2,1-2H3,(H2,19,21,23). The summed E-state index contributed by atoms with van der Waals surface area (Å²) in [6.45, 7) is 6.63. The van der Waals surface area contributed by atoms with Crippen molar-refractivity contribution in [3.8, 4) is 0 Å². The van der Waals surface area contributed by atoms with Gasteiger partial charge in [-0.15, -0.1) is 11.3 Å². The molecule has 1 aliphatic rings. The van der Waals surface area contributed by atoms with Crippen molar-refractivity contribution in [3.05, 3.63) is 52.0 Å². The van der Waals surface area contributed by atoms with Crippen molar-refractivity contribution in [3.63, 3.8) is 0 Å². The molecule has 1 saturated heterocycles. The molecule has 0 aliphatic carbocycles. The predicted molar refractivity (Wildman–Crippen MR) is 97.1 cm³/mol. The van der Waals surface area contributed by atoms with Gasteiger partial charge in [-0.2, -0.15) is 0 Å². The molecule has 2 heterocycles. The molecule has 0 bridgehead atoms. The van der Waals surface area contributed by atoms with E-state index >= 15 is 0 Å². The maximum Gasteiger partial charge on any atom is 0.315 e. The van der Waals surface area contributed by atoms with Crippen molar-refractivity contribution in [2.24, 2.45) is 0 Å². The van der Waals surface area contributed by atoms with Crippen LogP contribution in [0.2, 0.25) is 0 Å². The molecular weight excluding hydrogens is 320 g/mol. The summed E-state index contributed by atoms with van der Waals surface area (Å²) in [5.74, 6) is 0. The number of carbonyl (C=O) groups is 1. The van der Waals surface area contributed by atoms with Crippen molar-refractivity contribution in [1.82, 2.24) is 20.5 Å². The van der Waals surface area contributed by atoms with Crippen molar-refractivity contribution < 1.29 is 4.79 Å². The van der Waals surface area contributed by atoms with Crippen LogP contribution >= 0.6 is 11.3 Å². The number of hydrogen-bond acceptors (Lipinski definition) is 4. The third-order valence-electron chi connectivity index (χ3n) is 4.64. The fraction of sp³-hybridized carbons (Fsp3) is 0.444. The summed E-state index contributed by atoms with van der Waals surface area (Å²) in [7, 11) is 0. The molecule has 2 atom stereocenters. The lowest BCUT2D eigenvalue weighted by Gasteiger charge is -2.24. The number of benzene rings is 1. The first-order valence-corrected chi connectivity index (χ1v) is 9.24. The molecule has 1 aromatic carbocycles. The molecule has 1 aromatic heterocycles. The molecule has 0 spiro atoms. The molecule has 2 aromatic rings. The van der Waals surface area contributed by atoms with Gasteiger partial charge >= 0.3 is 6.03 Å². The fourth-order valence-electron chi connectivity index (χ4n) is 3.09. The summed E-state index contributed by atoms with van der Waals surface area (Å²) in [5.41, 5.74) is 4.12. The third-order valence-corrected chi connectivity index (χ3v) is 5.57. The third kappa shape index (κ3) is 4.13. The molecule has 0 radical (unpaired) electrons. The Morgan fingerprint density at radius 1 is 1.42 bits per heavy atom. The number of amides is 2. The van der Waals surface area contributed by atoms with Crippen LogP contribution in [0.5, 0.6) is 0 Å². The Morgan fingerprint density at radius 2 is 2.21 bits per heavy atom. The van der Waals surface area contributed by atoms with Crippen LogP contribution in [0.4, 0.5) is 4.79 Å². The number of nitrogens with zero attached hydrogens (tertiary/aromatic N) is 2. The maximum absolute atomic E-state index is 12.1. The van der Waals surface area contributed by atoms with E-state index in [9.17, 15) is 4.79 Å². The lowest BCUT2D eigenvalue weighted by Crippen LogP contribution is -2.43. The monoisotopic (exact) mass is 344 g/mol. The Morgan fingerprint density at radius 3 is 2.92 bits per heavy atom. The largest absolute Gasteiger partial charge is 0.334 e. The minimum absolute atomic E-state index is 0.0954. The fourth-order valence-corrected chi connectivity index (χ4v) is 3.81. The SMILES string of the molecule is Cc1ncsc1CNC(=O)NC1CCN(C(C)c2ccccc2)C1. The number of carbonyl (C=O) groups excluding carboxylic acids is 1. The topological polar surface area (TPSA) is 57.3 Å². The Hall–Kier alpha value is -1.92. The normalized spacial score (nSPS) is 19.2. The molecule has 1 fully saturated rings. The van der Waals surface area contributed by atoms with Crippen LogP contribution in [-0.2, 0) is 6.54 Å². The van der Waals surface area contributed by atoms with Crippen LogP contribution in [0, 0.1) is 6.92 Å². The van der Waals surface area contributed by atoms with Gasteiger partial charge in [0.15, 0.2) is 0 Å². The highest BCUT2D eigenvalue weighted by atomic mass is 32.1. The molecule has 2 unspecified atom stereocenters. The zero-order valence-corrected chi connectivity index (χ0v) is 15.0. The molecule has 0 saturated carbocycles. The van der Waals surface area contributed by atoms with Gasteiger partial charge < -0.3 is 10.6 Å². The van der Waals surface area contributed by atoms with Crippen molar-refractivity contribution >= 4 is 17.4 Å². The van der Waals surface area contributed by atoms with Crippen LogP contribution in [0.3, 0.4) is 0 Å². The summed E-state index contributed by atoms with van der Waals surface area (Å²) < 4.78 is 0. The molecule has 6 heteroatoms. The molecule has 128 valence electrons. The van der Waals surface area contributed by atoms with Crippen LogP contribution < -0.4 is 10.6 Å². The number of likely N-dealkylation sites (tertiary alicyclic amines) is 1. The van der Waals surface area contributed by atoms with E-state index in [1.54, 1.807) is 11.3 Å². The summed E-state index contributed by atoms with van der Waals surface area (Å²) in [5, 5.41) is 6.02. The Balaban J connectivity index is 1.45. The highest BCUT2D eigenvalue weighted by molar-refractivity contribution is 7.09. The second kappa shape index (κ2) is 7.77. The smallest absolute Gasteiger partial charge is 0.315 e. The van der Waals surface area contributed by atoms with Gasteiger partial charge in [0.2, 0.25) is 0 Å². The van der Waals surface area contributed by atoms with Gasteiger partial charge in [-0.25, -0.2) is 9.78 Å². The number of thiazole rings is 1. The van der Waals surface area contributed by atoms with Gasteiger partial charge in [0.25, 0.3) is 0 Å². The summed E-state index contributed by atoms with van der Waals surface area (Å²) in [4.78, 5) is 19.8. The van der Waals surface area contributed by atoms with E-state index in [1.807, 2.05) is 18.5 Å². The van der Waals surface area contributed by atoms with Gasteiger partial charge in [0, 0.05) is 30.1 Å². The summed E-state index contributed by atoms with van der Waals surface area (Å²) in [6.07, 6.45) is 0.990. The second-order valence-electron chi connectivity index (χ2n) is 6.26. The lowest BCUT2D eigenvalue weighted by atomic mass is 10.1. The Labute approximate surface area is 147 Å². The predicted octanol–water partition coefficient (Wildman–Crippen LogP) is 3.09. The Bertz CT molecular complexity index is 673. The first-order chi connectivity index (χ1) is 11.6. The minimum atomic E-state index is -0.0954. The van der Waals surface area contributed by atoms with Gasteiger partial charge in [0.1, 0.15) is 0 Å². The van der Waals surface area contributed by atoms with Gasteiger partial charge in [-0.1, -0.05) is 30.3 Å². The Kier molecular flexibility index (Phi) is 5.48. The average molecular weight is 344 g/mol. The zero-order valence-electron chi connectivity index (χ0n) is 14.2. The van der Waals surface area contributed by atoms with Crippen molar-refractivity contribution in [2.45, 2.75) is 38.9 Å². The number of nitrogens with one attached hydrogen (secondary N) is 2. The van der Waals surface area contributed by atoms with Gasteiger partial charge in [-0.05, 0) is 25.8 Å². The molecule has 2 N–H and O–H groups in total. The van der Waals surface area contributed by atoms with Gasteiger partial charge in [-0.3, -0.25) is 4.90 Å². The first-order valence-electron chi connectivity index (χ1n) is 8.36. The first kappa shape index (κ1) is 16.9. The summed E-state index contributed by atoms with van der Waals surface area (Å²) >= 11 is 1.57. The van der Waals surface area contributed by atoms with E-state index in [2.05, 4.69) is 51.7 Å². The molecule has 24 heavy (non-hydrogen) atoms. The highest BCUT2D eigenvalue weighted by Crippen LogP contribution is 2.24. The summed E-state index contributed by atoms with van der Waals surface area (Å²) in [6, 6.07) is 11.0. The van der Waals surface area contributed by atoms with Crippen LogP contribution in [0.15, 0.2) is 35.8 Å². The van der Waals surface area contributed by atoms with E-state index in [0.29, 0.717) is 12.6 Å². The van der Waals surface area contributed by atoms with E-state index in [4.69, 9.17) is 0 Å². The number of urea groups is 1. The number of aryl methyl sites for hydroxylation is 1. The number of aromatic nitrogens is 1. The molecule has 1 aliphatic heterocycles. The number of rotatable bonds is 5. The molecular formula is C18H24N4OS. The maximum atomic E-state index is 12.1. The van der Waals surface area contributed by atoms with Crippen molar-refractivity contribution in [1.29, 1.82) is 0 Å². The average Bonchev–Trinajstić information content (AvgIpc) is 3.22. The van der Waals surface area contributed by atoms with E-state index < -0.39 is 0 Å². The second-order valence-corrected chi connectivity index (χ2v) is 7.19. The van der Waals surface area contributed by atoms with E-state index in [-0.39, 0.29) is 12.1 Å².